The Morgan fingerprint density at radius 1 is 1.26 bits per heavy atom. The predicted molar refractivity (Wildman–Crippen MR) is 123 cm³/mol. The first-order valence-corrected chi connectivity index (χ1v) is 10.7. The summed E-state index contributed by atoms with van der Waals surface area (Å²) in [5, 5.41) is 11.3. The van der Waals surface area contributed by atoms with Crippen molar-refractivity contribution >= 4 is 23.3 Å². The normalized spacial score (nSPS) is 15.2. The molecule has 0 saturated carbocycles. The van der Waals surface area contributed by atoms with Gasteiger partial charge in [-0.3, -0.25) is 10.1 Å². The van der Waals surface area contributed by atoms with E-state index in [0.29, 0.717) is 31.0 Å². The average Bonchev–Trinajstić information content (AvgIpc) is 3.19. The summed E-state index contributed by atoms with van der Waals surface area (Å²) in [7, 11) is 1.58. The van der Waals surface area contributed by atoms with Gasteiger partial charge < -0.3 is 19.3 Å². The molecule has 4 rings (SSSR count). The fraction of sp³-hybridized carbons (Fsp3) is 0.250. The lowest BCUT2D eigenvalue weighted by Gasteiger charge is -2.19. The summed E-state index contributed by atoms with van der Waals surface area (Å²) in [5.41, 5.74) is 1.21. The second-order valence-corrected chi connectivity index (χ2v) is 7.74. The summed E-state index contributed by atoms with van der Waals surface area (Å²) in [6.45, 7) is 2.85. The van der Waals surface area contributed by atoms with Crippen molar-refractivity contribution < 1.29 is 23.6 Å². The van der Waals surface area contributed by atoms with Crippen molar-refractivity contribution in [2.24, 2.45) is 0 Å². The number of hydrogen-bond donors (Lipinski definition) is 0. The van der Waals surface area contributed by atoms with Crippen molar-refractivity contribution in [3.05, 3.63) is 82.3 Å². The number of nitro groups is 1. The number of likely N-dealkylation sites (N-methyl/N-ethyl adjacent to an activating group) is 1. The molecule has 34 heavy (non-hydrogen) atoms. The molecule has 1 atom stereocenters. The number of rotatable bonds is 8. The van der Waals surface area contributed by atoms with Crippen molar-refractivity contribution in [3.63, 3.8) is 0 Å². The Balaban J connectivity index is 1.45. The summed E-state index contributed by atoms with van der Waals surface area (Å²) in [5.74, 6) is -0.0399. The average molecular weight is 466 g/mol. The molecule has 1 aliphatic heterocycles. The Labute approximate surface area is 195 Å². The van der Waals surface area contributed by atoms with E-state index in [1.54, 1.807) is 30.1 Å². The van der Waals surface area contributed by atoms with Gasteiger partial charge in [0.05, 0.1) is 11.0 Å². The summed E-state index contributed by atoms with van der Waals surface area (Å²) >= 11 is 0. The number of hydrogen-bond acceptors (Lipinski definition) is 7. The molecule has 0 spiro atoms. The minimum atomic E-state index is -0.618. The van der Waals surface area contributed by atoms with Crippen molar-refractivity contribution in [2.75, 3.05) is 25.1 Å². The van der Waals surface area contributed by atoms with E-state index < -0.39 is 10.7 Å². The molecule has 1 fully saturated rings. The highest BCUT2D eigenvalue weighted by Gasteiger charge is 2.31. The Bertz CT molecular complexity index is 1200. The standard InChI is InChI=1S/C24H23FN4O5/c1-3-28-18(15-33-24(28)30)13-16-6-9-19(10-7-16)34-22-11-8-17(14-20(22)25)27(2)23-21(29(31)32)5-4-12-26-23/h4-12,14,18H,3,13,15H2,1-2H3/t18-/m0/s1. The number of ether oxygens (including phenoxy) is 2. The fourth-order valence-electron chi connectivity index (χ4n) is 3.83. The monoisotopic (exact) mass is 466 g/mol. The number of nitrogens with zero attached hydrogens (tertiary/aromatic N) is 4. The molecule has 3 aromatic rings. The molecule has 2 aromatic carbocycles. The van der Waals surface area contributed by atoms with Gasteiger partial charge >= 0.3 is 11.8 Å². The topological polar surface area (TPSA) is 98.0 Å². The third-order valence-corrected chi connectivity index (χ3v) is 5.62. The molecule has 1 saturated heterocycles. The van der Waals surface area contributed by atoms with Gasteiger partial charge in [0, 0.05) is 37.6 Å². The van der Waals surface area contributed by atoms with E-state index >= 15 is 0 Å². The second kappa shape index (κ2) is 9.74. The zero-order chi connectivity index (χ0) is 24.2. The molecule has 1 aliphatic rings. The molecule has 0 aliphatic carbocycles. The molecule has 1 aromatic heterocycles. The van der Waals surface area contributed by atoms with Crippen molar-refractivity contribution in [1.82, 2.24) is 9.88 Å². The van der Waals surface area contributed by atoms with Gasteiger partial charge in [-0.1, -0.05) is 12.1 Å². The van der Waals surface area contributed by atoms with E-state index in [2.05, 4.69) is 4.98 Å². The van der Waals surface area contributed by atoms with E-state index in [0.717, 1.165) is 5.56 Å². The maximum atomic E-state index is 14.8. The molecule has 176 valence electrons. The SMILES string of the molecule is CCN1C(=O)OC[C@@H]1Cc1ccc(Oc2ccc(N(C)c3ncccc3[N+](=O)[O-])cc2F)cc1. The Hall–Kier alpha value is -4.21. The van der Waals surface area contributed by atoms with Crippen molar-refractivity contribution in [2.45, 2.75) is 19.4 Å². The summed E-state index contributed by atoms with van der Waals surface area (Å²) in [4.78, 5) is 29.6. The first-order chi connectivity index (χ1) is 16.4. The number of pyridine rings is 1. The number of aromatic nitrogens is 1. The number of amides is 1. The molecule has 0 radical (unpaired) electrons. The van der Waals surface area contributed by atoms with Gasteiger partial charge in [0.1, 0.15) is 12.4 Å². The van der Waals surface area contributed by atoms with Gasteiger partial charge in [-0.25, -0.2) is 14.2 Å². The van der Waals surface area contributed by atoms with Crippen LogP contribution in [0.1, 0.15) is 12.5 Å². The van der Waals surface area contributed by atoms with Crippen LogP contribution in [0.3, 0.4) is 0 Å². The van der Waals surface area contributed by atoms with Gasteiger partial charge in [-0.2, -0.15) is 0 Å². The fourth-order valence-corrected chi connectivity index (χ4v) is 3.83. The van der Waals surface area contributed by atoms with E-state index in [1.807, 2.05) is 19.1 Å². The number of benzene rings is 2. The van der Waals surface area contributed by atoms with Crippen LogP contribution in [0.5, 0.6) is 11.5 Å². The number of halogens is 1. The highest BCUT2D eigenvalue weighted by Crippen LogP contribution is 2.33. The zero-order valence-corrected chi connectivity index (χ0v) is 18.7. The van der Waals surface area contributed by atoms with Crippen molar-refractivity contribution in [1.29, 1.82) is 0 Å². The smallest absolute Gasteiger partial charge is 0.410 e. The largest absolute Gasteiger partial charge is 0.454 e. The van der Waals surface area contributed by atoms with Crippen LogP contribution in [-0.4, -0.2) is 47.1 Å². The van der Waals surface area contributed by atoms with E-state index in [9.17, 15) is 19.3 Å². The van der Waals surface area contributed by atoms with Crippen LogP contribution >= 0.6 is 0 Å². The number of carbonyl (C=O) groups is 1. The lowest BCUT2D eigenvalue weighted by atomic mass is 10.1. The van der Waals surface area contributed by atoms with Crippen molar-refractivity contribution in [3.8, 4) is 11.5 Å². The molecule has 2 heterocycles. The molecule has 0 N–H and O–H groups in total. The van der Waals surface area contributed by atoms with E-state index in [4.69, 9.17) is 9.47 Å². The highest BCUT2D eigenvalue weighted by molar-refractivity contribution is 5.70. The van der Waals surface area contributed by atoms with Crippen LogP contribution < -0.4 is 9.64 Å². The minimum Gasteiger partial charge on any atom is -0.454 e. The maximum Gasteiger partial charge on any atom is 0.410 e. The molecule has 1 amide bonds. The van der Waals surface area contributed by atoms with Crippen LogP contribution in [0, 0.1) is 15.9 Å². The van der Waals surface area contributed by atoms with Gasteiger partial charge in [-0.15, -0.1) is 0 Å². The molecule has 10 heteroatoms. The second-order valence-electron chi connectivity index (χ2n) is 7.74. The Kier molecular flexibility index (Phi) is 6.58. The first kappa shape index (κ1) is 23.0. The van der Waals surface area contributed by atoms with Gasteiger partial charge in [0.25, 0.3) is 0 Å². The van der Waals surface area contributed by atoms with Gasteiger partial charge in [-0.05, 0) is 49.2 Å². The van der Waals surface area contributed by atoms with Crippen LogP contribution in [0.25, 0.3) is 0 Å². The number of carbonyl (C=O) groups excluding carboxylic acids is 1. The number of anilines is 2. The van der Waals surface area contributed by atoms with Crippen LogP contribution in [0.4, 0.5) is 26.4 Å². The summed E-state index contributed by atoms with van der Waals surface area (Å²) in [6.07, 6.45) is 1.79. The quantitative estimate of drug-likeness (QED) is 0.338. The predicted octanol–water partition coefficient (Wildman–Crippen LogP) is 5.07. The third kappa shape index (κ3) is 4.75. The molecule has 9 nitrogen and oxygen atoms in total. The van der Waals surface area contributed by atoms with Crippen LogP contribution in [0.15, 0.2) is 60.8 Å². The molecule has 0 bridgehead atoms. The lowest BCUT2D eigenvalue weighted by Crippen LogP contribution is -2.34. The van der Waals surface area contributed by atoms with Gasteiger partial charge in [0.2, 0.25) is 5.82 Å². The summed E-state index contributed by atoms with van der Waals surface area (Å²) in [6, 6.07) is 14.3. The minimum absolute atomic E-state index is 0.0128. The number of cyclic esters (lactones) is 1. The van der Waals surface area contributed by atoms with Gasteiger partial charge in [0.15, 0.2) is 11.6 Å². The van der Waals surface area contributed by atoms with E-state index in [1.165, 1.54) is 35.4 Å². The zero-order valence-electron chi connectivity index (χ0n) is 18.7. The van der Waals surface area contributed by atoms with Crippen LogP contribution in [0.2, 0.25) is 0 Å². The van der Waals surface area contributed by atoms with Crippen LogP contribution in [-0.2, 0) is 11.2 Å². The molecule has 0 unspecified atom stereocenters. The highest BCUT2D eigenvalue weighted by atomic mass is 19.1. The Morgan fingerprint density at radius 3 is 2.71 bits per heavy atom. The molecular weight excluding hydrogens is 443 g/mol. The molecular formula is C24H23FN4O5. The maximum absolute atomic E-state index is 14.8. The first-order valence-electron chi connectivity index (χ1n) is 10.7. The Morgan fingerprint density at radius 2 is 2.03 bits per heavy atom. The summed E-state index contributed by atoms with van der Waals surface area (Å²) < 4.78 is 25.6. The third-order valence-electron chi connectivity index (χ3n) is 5.62. The lowest BCUT2D eigenvalue weighted by molar-refractivity contribution is -0.384. The van der Waals surface area contributed by atoms with E-state index in [-0.39, 0.29) is 29.4 Å².